The highest BCUT2D eigenvalue weighted by molar-refractivity contribution is 7.87. The number of hydrogen-bond donors (Lipinski definition) is 2. The van der Waals surface area contributed by atoms with Crippen molar-refractivity contribution in [3.63, 3.8) is 0 Å². The molecular weight excluding hydrogens is 554 g/mol. The number of hydrogen-bond acceptors (Lipinski definition) is 3. The van der Waals surface area contributed by atoms with Crippen molar-refractivity contribution in [2.75, 3.05) is 14.1 Å². The van der Waals surface area contributed by atoms with Crippen LogP contribution in [0.15, 0.2) is 0 Å². The molecule has 0 bridgehead atoms. The molecule has 21 heteroatoms. The molecule has 0 saturated heterocycles. The molecule has 34 heavy (non-hydrogen) atoms. The summed E-state index contributed by atoms with van der Waals surface area (Å²) in [6.07, 6.45) is -3.65. The summed E-state index contributed by atoms with van der Waals surface area (Å²) in [6.45, 7) is 0.557. The zero-order valence-electron chi connectivity index (χ0n) is 16.6. The standard InChI is InChI=1S/C11H8F16O3S.C2H7N/c1-2-3-4(12,13)5(14,15)6(16,17)7(18,19)8(20,21)9(22,23)10(24,25)11(26,27)31(28,29)30;1-3-2/h2-3H2,1H3,(H,28,29,30);3H,1-2H3. The summed E-state index contributed by atoms with van der Waals surface area (Å²) in [7, 11) is -4.09. The molecule has 0 aromatic carbocycles. The first-order valence-electron chi connectivity index (χ1n) is 8.05. The minimum atomic E-state index is -8.73. The molecule has 0 radical (unpaired) electrons. The fourth-order valence-electron chi connectivity index (χ4n) is 1.83. The highest BCUT2D eigenvalue weighted by Gasteiger charge is 2.95. The molecule has 0 atom stereocenters. The van der Waals surface area contributed by atoms with Crippen molar-refractivity contribution in [2.24, 2.45) is 0 Å². The maximum Gasteiger partial charge on any atom is 0.438 e. The van der Waals surface area contributed by atoms with Gasteiger partial charge in [0.2, 0.25) is 0 Å². The molecule has 2 N–H and O–H groups in total. The summed E-state index contributed by atoms with van der Waals surface area (Å²) >= 11 is 0. The minimum Gasteiger partial charge on any atom is -0.323 e. The maximum absolute atomic E-state index is 13.4. The van der Waals surface area contributed by atoms with Crippen LogP contribution in [0.1, 0.15) is 19.8 Å². The zero-order chi connectivity index (χ0) is 28.6. The van der Waals surface area contributed by atoms with E-state index in [-0.39, 0.29) is 0 Å². The molecule has 0 rings (SSSR count). The predicted octanol–water partition coefficient (Wildman–Crippen LogP) is 5.55. The van der Waals surface area contributed by atoms with Crippen LogP contribution in [-0.4, -0.2) is 73.8 Å². The Hall–Kier alpha value is -1.25. The first kappa shape index (κ1) is 34.9. The topological polar surface area (TPSA) is 66.4 Å². The van der Waals surface area contributed by atoms with Crippen LogP contribution in [0.5, 0.6) is 0 Å². The van der Waals surface area contributed by atoms with Crippen LogP contribution >= 0.6 is 0 Å². The molecule has 0 fully saturated rings. The molecule has 0 aromatic heterocycles. The number of nitrogens with one attached hydrogen (secondary N) is 1. The summed E-state index contributed by atoms with van der Waals surface area (Å²) in [5, 5.41) is -5.02. The summed E-state index contributed by atoms with van der Waals surface area (Å²) < 4.78 is 239. The SMILES string of the molecule is CCCC(F)(F)C(F)(F)C(F)(F)C(F)(F)C(F)(F)C(F)(F)C(F)(F)C(F)(F)S(=O)(=O)O.CNC. The Bertz CT molecular complexity index is 796. The van der Waals surface area contributed by atoms with Crippen molar-refractivity contribution < 1.29 is 83.2 Å². The average Bonchev–Trinajstić information content (AvgIpc) is 2.60. The molecule has 4 nitrogen and oxygen atoms in total. The molecule has 0 amide bonds. The molecular formula is C13H15F16NO3S. The van der Waals surface area contributed by atoms with Gasteiger partial charge >= 0.3 is 56.8 Å². The Kier molecular flexibility index (Phi) is 9.92. The predicted molar refractivity (Wildman–Crippen MR) is 81.0 cm³/mol. The zero-order valence-corrected chi connectivity index (χ0v) is 17.5. The second-order valence-electron chi connectivity index (χ2n) is 6.39. The van der Waals surface area contributed by atoms with E-state index >= 15 is 0 Å². The molecule has 0 aliphatic rings. The van der Waals surface area contributed by atoms with Crippen molar-refractivity contribution in [1.29, 1.82) is 0 Å². The second kappa shape index (κ2) is 9.66. The smallest absolute Gasteiger partial charge is 0.323 e. The van der Waals surface area contributed by atoms with E-state index in [1.807, 2.05) is 14.1 Å². The van der Waals surface area contributed by atoms with E-state index in [0.29, 0.717) is 6.92 Å². The first-order chi connectivity index (χ1) is 14.5. The van der Waals surface area contributed by atoms with Gasteiger partial charge in [-0.25, -0.2) is 0 Å². The maximum atomic E-state index is 13.4. The molecule has 0 unspecified atom stereocenters. The minimum absolute atomic E-state index is 0.557. The van der Waals surface area contributed by atoms with E-state index in [1.165, 1.54) is 0 Å². The fourth-order valence-corrected chi connectivity index (χ4v) is 2.29. The molecule has 0 aliphatic heterocycles. The van der Waals surface area contributed by atoms with Gasteiger partial charge in [-0.15, -0.1) is 0 Å². The van der Waals surface area contributed by atoms with Crippen LogP contribution in [0.2, 0.25) is 0 Å². The highest BCUT2D eigenvalue weighted by Crippen LogP contribution is 2.64. The van der Waals surface area contributed by atoms with E-state index in [0.717, 1.165) is 0 Å². The van der Waals surface area contributed by atoms with Crippen LogP contribution in [0.25, 0.3) is 0 Å². The second-order valence-corrected chi connectivity index (χ2v) is 7.86. The lowest BCUT2D eigenvalue weighted by molar-refractivity contribution is -0.449. The van der Waals surface area contributed by atoms with E-state index in [4.69, 9.17) is 4.55 Å². The lowest BCUT2D eigenvalue weighted by Gasteiger charge is -2.43. The normalized spacial score (nSPS) is 15.6. The van der Waals surface area contributed by atoms with E-state index in [2.05, 4.69) is 5.32 Å². The number of alkyl halides is 16. The fraction of sp³-hybridized carbons (Fsp3) is 1.00. The van der Waals surface area contributed by atoms with Crippen molar-refractivity contribution in [2.45, 2.75) is 66.5 Å². The lowest BCUT2D eigenvalue weighted by atomic mass is 9.88. The van der Waals surface area contributed by atoms with Gasteiger partial charge in [-0.3, -0.25) is 4.55 Å². The van der Waals surface area contributed by atoms with Crippen LogP contribution in [-0.2, 0) is 10.1 Å². The van der Waals surface area contributed by atoms with Crippen LogP contribution in [0.3, 0.4) is 0 Å². The van der Waals surface area contributed by atoms with E-state index in [1.54, 1.807) is 0 Å². The van der Waals surface area contributed by atoms with E-state index < -0.39 is 69.7 Å². The summed E-state index contributed by atoms with van der Waals surface area (Å²) in [6, 6.07) is 0. The Balaban J connectivity index is 0. The number of rotatable bonds is 10. The molecule has 0 aromatic rings. The van der Waals surface area contributed by atoms with Gasteiger partial charge in [-0.2, -0.15) is 78.7 Å². The third-order valence-corrected chi connectivity index (χ3v) is 4.59. The average molecular weight is 569 g/mol. The van der Waals surface area contributed by atoms with Crippen molar-refractivity contribution in [3.05, 3.63) is 0 Å². The number of halogens is 16. The molecule has 0 heterocycles. The largest absolute Gasteiger partial charge is 0.438 e. The Labute approximate surface area is 180 Å². The molecule has 208 valence electrons. The van der Waals surface area contributed by atoms with Crippen molar-refractivity contribution >= 4 is 10.1 Å². The van der Waals surface area contributed by atoms with Gasteiger partial charge < -0.3 is 5.32 Å². The van der Waals surface area contributed by atoms with E-state index in [9.17, 15) is 78.7 Å². The Morgan fingerprint density at radius 1 is 0.588 bits per heavy atom. The highest BCUT2D eigenvalue weighted by atomic mass is 32.2. The lowest BCUT2D eigenvalue weighted by Crippen LogP contribution is -2.75. The Morgan fingerprint density at radius 2 is 0.824 bits per heavy atom. The third-order valence-electron chi connectivity index (χ3n) is 3.68. The molecule has 0 saturated carbocycles. The summed E-state index contributed by atoms with van der Waals surface area (Å²) in [5.41, 5.74) is 0. The van der Waals surface area contributed by atoms with Crippen LogP contribution in [0.4, 0.5) is 70.2 Å². The van der Waals surface area contributed by atoms with Gasteiger partial charge in [-0.05, 0) is 14.1 Å². The van der Waals surface area contributed by atoms with Gasteiger partial charge in [0, 0.05) is 6.42 Å². The third kappa shape index (κ3) is 4.87. The van der Waals surface area contributed by atoms with Crippen LogP contribution < -0.4 is 5.32 Å². The quantitative estimate of drug-likeness (QED) is 0.268. The molecule has 0 spiro atoms. The first-order valence-corrected chi connectivity index (χ1v) is 9.49. The van der Waals surface area contributed by atoms with Gasteiger partial charge in [0.1, 0.15) is 0 Å². The van der Waals surface area contributed by atoms with Crippen molar-refractivity contribution in [1.82, 2.24) is 5.32 Å². The van der Waals surface area contributed by atoms with Gasteiger partial charge in [0.15, 0.2) is 0 Å². The van der Waals surface area contributed by atoms with Gasteiger partial charge in [-0.1, -0.05) is 13.3 Å². The molecule has 0 aliphatic carbocycles. The monoisotopic (exact) mass is 569 g/mol. The summed E-state index contributed by atoms with van der Waals surface area (Å²) in [4.78, 5) is 0. The summed E-state index contributed by atoms with van der Waals surface area (Å²) in [5.74, 6) is -56.6. The van der Waals surface area contributed by atoms with Gasteiger partial charge in [0.05, 0.1) is 0 Å². The van der Waals surface area contributed by atoms with Crippen molar-refractivity contribution in [3.8, 4) is 0 Å². The van der Waals surface area contributed by atoms with Gasteiger partial charge in [0.25, 0.3) is 0 Å². The Morgan fingerprint density at radius 3 is 1.06 bits per heavy atom. The van der Waals surface area contributed by atoms with Crippen LogP contribution in [0, 0.1) is 0 Å².